The molecule has 0 aromatic carbocycles. The number of aromatic nitrogens is 5. The van der Waals surface area contributed by atoms with Gasteiger partial charge in [-0.1, -0.05) is 6.07 Å². The Morgan fingerprint density at radius 3 is 2.95 bits per heavy atom. The van der Waals surface area contributed by atoms with Gasteiger partial charge in [-0.05, 0) is 49.6 Å². The maximum atomic E-state index is 10.6. The summed E-state index contributed by atoms with van der Waals surface area (Å²) in [6.07, 6.45) is 1.44. The van der Waals surface area contributed by atoms with Gasteiger partial charge in [0.2, 0.25) is 5.16 Å². The van der Waals surface area contributed by atoms with Gasteiger partial charge in [-0.2, -0.15) is 0 Å². The van der Waals surface area contributed by atoms with Crippen molar-refractivity contribution < 1.29 is 4.92 Å². The van der Waals surface area contributed by atoms with Gasteiger partial charge in [0.15, 0.2) is 6.20 Å². The molecule has 21 heavy (non-hydrogen) atoms. The normalized spacial score (nSPS) is 10.7. The number of hydrogen-bond acceptors (Lipinski definition) is 8. The maximum absolute atomic E-state index is 10.6. The second-order valence-electron chi connectivity index (χ2n) is 3.91. The Bertz CT molecular complexity index is 740. The zero-order valence-corrected chi connectivity index (χ0v) is 12.1. The molecule has 0 fully saturated rings. The Morgan fingerprint density at radius 1 is 1.38 bits per heavy atom. The smallest absolute Gasteiger partial charge is 0.358 e. The third-order valence-electron chi connectivity index (χ3n) is 2.50. The molecule has 106 valence electrons. The average Bonchev–Trinajstić information content (AvgIpc) is 3.13. The van der Waals surface area contributed by atoms with Crippen LogP contribution in [0.2, 0.25) is 0 Å². The van der Waals surface area contributed by atoms with Crippen LogP contribution in [-0.4, -0.2) is 30.1 Å². The number of pyridine rings is 1. The van der Waals surface area contributed by atoms with Gasteiger partial charge in [-0.25, -0.2) is 4.68 Å². The number of thiophene rings is 1. The molecule has 0 saturated carbocycles. The summed E-state index contributed by atoms with van der Waals surface area (Å²) in [4.78, 5) is 15.7. The van der Waals surface area contributed by atoms with Crippen molar-refractivity contribution in [1.29, 1.82) is 0 Å². The molecule has 0 aliphatic rings. The van der Waals surface area contributed by atoms with E-state index in [1.54, 1.807) is 22.1 Å². The van der Waals surface area contributed by atoms with E-state index in [1.165, 1.54) is 24.0 Å². The first-order chi connectivity index (χ1) is 10.2. The van der Waals surface area contributed by atoms with E-state index in [4.69, 9.17) is 0 Å². The van der Waals surface area contributed by atoms with Gasteiger partial charge in [0.05, 0.1) is 11.4 Å². The van der Waals surface area contributed by atoms with Crippen LogP contribution in [-0.2, 0) is 6.54 Å². The molecule has 0 N–H and O–H groups in total. The number of nitro groups is 1. The summed E-state index contributed by atoms with van der Waals surface area (Å²) in [5, 5.41) is 24.7. The van der Waals surface area contributed by atoms with Crippen molar-refractivity contribution in [3.8, 4) is 0 Å². The van der Waals surface area contributed by atoms with Crippen LogP contribution in [0.4, 0.5) is 5.82 Å². The minimum absolute atomic E-state index is 0.183. The standard InChI is InChI=1S/C11H8N6O2S2/c18-17(19)10-4-3-8(6-12-10)21-11-13-14-15-16(11)7-9-2-1-5-20-9/h1-6H,7H2. The molecule has 3 rings (SSSR count). The van der Waals surface area contributed by atoms with Gasteiger partial charge >= 0.3 is 5.82 Å². The summed E-state index contributed by atoms with van der Waals surface area (Å²) < 4.78 is 1.68. The van der Waals surface area contributed by atoms with Crippen molar-refractivity contribution in [2.45, 2.75) is 16.6 Å². The van der Waals surface area contributed by atoms with Crippen LogP contribution in [0.1, 0.15) is 4.88 Å². The lowest BCUT2D eigenvalue weighted by Crippen LogP contribution is -2.02. The van der Waals surface area contributed by atoms with E-state index in [0.717, 1.165) is 9.77 Å². The first kappa shape index (κ1) is 13.6. The lowest BCUT2D eigenvalue weighted by Gasteiger charge is -2.01. The molecule has 0 radical (unpaired) electrons. The third-order valence-corrected chi connectivity index (χ3v) is 4.31. The van der Waals surface area contributed by atoms with Crippen LogP contribution in [0.15, 0.2) is 45.9 Å². The molecular weight excluding hydrogens is 312 g/mol. The Hall–Kier alpha value is -2.33. The third kappa shape index (κ3) is 3.23. The SMILES string of the molecule is O=[N+]([O-])c1ccc(Sc2nnnn2Cc2cccs2)cn1. The van der Waals surface area contributed by atoms with Crippen LogP contribution in [0.3, 0.4) is 0 Å². The molecular formula is C11H8N6O2S2. The molecule has 10 heteroatoms. The van der Waals surface area contributed by atoms with Crippen LogP contribution in [0.5, 0.6) is 0 Å². The zero-order valence-electron chi connectivity index (χ0n) is 10.5. The Kier molecular flexibility index (Phi) is 3.88. The summed E-state index contributed by atoms with van der Waals surface area (Å²) in [5.74, 6) is -0.183. The van der Waals surface area contributed by atoms with Crippen molar-refractivity contribution in [3.63, 3.8) is 0 Å². The molecule has 0 saturated heterocycles. The second kappa shape index (κ2) is 5.97. The van der Waals surface area contributed by atoms with Gasteiger partial charge in [0, 0.05) is 10.9 Å². The lowest BCUT2D eigenvalue weighted by molar-refractivity contribution is -0.389. The van der Waals surface area contributed by atoms with E-state index >= 15 is 0 Å². The zero-order chi connectivity index (χ0) is 14.7. The summed E-state index contributed by atoms with van der Waals surface area (Å²) in [6, 6.07) is 6.96. The molecule has 0 atom stereocenters. The van der Waals surface area contributed by atoms with E-state index in [0.29, 0.717) is 11.7 Å². The molecule has 8 nitrogen and oxygen atoms in total. The highest BCUT2D eigenvalue weighted by Gasteiger charge is 2.12. The maximum Gasteiger partial charge on any atom is 0.363 e. The fourth-order valence-electron chi connectivity index (χ4n) is 1.57. The van der Waals surface area contributed by atoms with Gasteiger partial charge in [0.1, 0.15) is 0 Å². The molecule has 0 amide bonds. The van der Waals surface area contributed by atoms with Crippen molar-refractivity contribution in [1.82, 2.24) is 25.2 Å². The molecule has 0 aliphatic heterocycles. The average molecular weight is 320 g/mol. The highest BCUT2D eigenvalue weighted by Crippen LogP contribution is 2.26. The van der Waals surface area contributed by atoms with Crippen molar-refractivity contribution in [2.24, 2.45) is 0 Å². The monoisotopic (exact) mass is 320 g/mol. The van der Waals surface area contributed by atoms with E-state index in [1.807, 2.05) is 17.5 Å². The van der Waals surface area contributed by atoms with Crippen LogP contribution >= 0.6 is 23.1 Å². The predicted molar refractivity (Wildman–Crippen MR) is 76.3 cm³/mol. The Labute approximate surface area is 127 Å². The van der Waals surface area contributed by atoms with Gasteiger partial charge in [-0.15, -0.1) is 16.4 Å². The molecule has 3 heterocycles. The summed E-state index contributed by atoms with van der Waals surface area (Å²) >= 11 is 2.94. The van der Waals surface area contributed by atoms with Gasteiger partial charge < -0.3 is 10.1 Å². The minimum Gasteiger partial charge on any atom is -0.358 e. The molecule has 0 spiro atoms. The fourth-order valence-corrected chi connectivity index (χ4v) is 2.99. The molecule has 0 unspecified atom stereocenters. The van der Waals surface area contributed by atoms with E-state index < -0.39 is 4.92 Å². The largest absolute Gasteiger partial charge is 0.363 e. The van der Waals surface area contributed by atoms with Crippen LogP contribution in [0, 0.1) is 10.1 Å². The molecule has 0 aliphatic carbocycles. The first-order valence-electron chi connectivity index (χ1n) is 5.79. The molecule has 0 bridgehead atoms. The number of hydrogen-bond donors (Lipinski definition) is 0. The van der Waals surface area contributed by atoms with Gasteiger partial charge in [-0.3, -0.25) is 0 Å². The van der Waals surface area contributed by atoms with Crippen LogP contribution in [0.25, 0.3) is 0 Å². The highest BCUT2D eigenvalue weighted by atomic mass is 32.2. The predicted octanol–water partition coefficient (Wildman–Crippen LogP) is 2.24. The molecule has 3 aromatic rings. The first-order valence-corrected chi connectivity index (χ1v) is 7.49. The quantitative estimate of drug-likeness (QED) is 0.525. The number of nitrogens with zero attached hydrogens (tertiary/aromatic N) is 6. The highest BCUT2D eigenvalue weighted by molar-refractivity contribution is 7.99. The lowest BCUT2D eigenvalue weighted by atomic mass is 10.5. The summed E-state index contributed by atoms with van der Waals surface area (Å²) in [7, 11) is 0. The van der Waals surface area contributed by atoms with Crippen molar-refractivity contribution in [3.05, 3.63) is 50.8 Å². The Balaban J connectivity index is 1.76. The van der Waals surface area contributed by atoms with Gasteiger partial charge in [0.25, 0.3) is 0 Å². The topological polar surface area (TPSA) is 99.6 Å². The second-order valence-corrected chi connectivity index (χ2v) is 5.98. The minimum atomic E-state index is -0.532. The molecule has 3 aromatic heterocycles. The number of tetrazole rings is 1. The summed E-state index contributed by atoms with van der Waals surface area (Å²) in [5.41, 5.74) is 0. The summed E-state index contributed by atoms with van der Waals surface area (Å²) in [6.45, 7) is 0.591. The van der Waals surface area contributed by atoms with Crippen molar-refractivity contribution in [2.75, 3.05) is 0 Å². The fraction of sp³-hybridized carbons (Fsp3) is 0.0909. The van der Waals surface area contributed by atoms with Crippen LogP contribution < -0.4 is 0 Å². The van der Waals surface area contributed by atoms with E-state index in [9.17, 15) is 10.1 Å². The van der Waals surface area contributed by atoms with E-state index in [2.05, 4.69) is 20.5 Å². The van der Waals surface area contributed by atoms with E-state index in [-0.39, 0.29) is 5.82 Å². The number of rotatable bonds is 5. The van der Waals surface area contributed by atoms with Crippen molar-refractivity contribution >= 4 is 28.9 Å². The Morgan fingerprint density at radius 2 is 2.29 bits per heavy atom.